The first kappa shape index (κ1) is 27.0. The number of thioether (sulfide) groups is 1. The number of nitrogens with two attached hydrogens (primary N) is 2. The molecule has 0 radical (unpaired) electrons. The second kappa shape index (κ2) is 14.1. The number of carbonyl (C=O) groups excluding carboxylic acids is 4. The summed E-state index contributed by atoms with van der Waals surface area (Å²) in [5, 5.41) is 16.3. The summed E-state index contributed by atoms with van der Waals surface area (Å²) in [6.07, 6.45) is 1.76. The van der Waals surface area contributed by atoms with Gasteiger partial charge in [-0.05, 0) is 31.8 Å². The summed E-state index contributed by atoms with van der Waals surface area (Å²) in [6.45, 7) is 1.46. The van der Waals surface area contributed by atoms with E-state index in [2.05, 4.69) is 28.6 Å². The minimum Gasteiger partial charge on any atom is -0.480 e. The van der Waals surface area contributed by atoms with E-state index >= 15 is 0 Å². The summed E-state index contributed by atoms with van der Waals surface area (Å²) in [5.41, 5.74) is 10.6. The van der Waals surface area contributed by atoms with Gasteiger partial charge in [-0.1, -0.05) is 0 Å². The molecule has 8 N–H and O–H groups in total. The van der Waals surface area contributed by atoms with Gasteiger partial charge in [0.15, 0.2) is 0 Å². The number of carbonyl (C=O) groups is 5. The number of primary amides is 1. The fourth-order valence-corrected chi connectivity index (χ4v) is 2.81. The molecule has 29 heavy (non-hydrogen) atoms. The predicted octanol–water partition coefficient (Wildman–Crippen LogP) is -2.18. The number of nitrogens with one attached hydrogen (secondary N) is 3. The second-order valence-electron chi connectivity index (χ2n) is 6.28. The predicted molar refractivity (Wildman–Crippen MR) is 112 cm³/mol. The molecule has 0 spiro atoms. The van der Waals surface area contributed by atoms with Crippen LogP contribution in [0.25, 0.3) is 0 Å². The minimum absolute atomic E-state index is 0.137. The van der Waals surface area contributed by atoms with E-state index in [1.165, 1.54) is 18.7 Å². The third-order valence-electron chi connectivity index (χ3n) is 3.77. The lowest BCUT2D eigenvalue weighted by Crippen LogP contribution is -2.57. The van der Waals surface area contributed by atoms with Crippen LogP contribution in [-0.2, 0) is 24.0 Å². The molecule has 11 nitrogen and oxygen atoms in total. The lowest BCUT2D eigenvalue weighted by Gasteiger charge is -2.24. The number of hydrogen-bond donors (Lipinski definition) is 7. The molecule has 0 aliphatic heterocycles. The van der Waals surface area contributed by atoms with Crippen LogP contribution in [0.15, 0.2) is 0 Å². The molecule has 0 aromatic rings. The van der Waals surface area contributed by atoms with Gasteiger partial charge in [0, 0.05) is 12.2 Å². The van der Waals surface area contributed by atoms with Crippen molar-refractivity contribution in [2.45, 2.75) is 50.4 Å². The molecule has 0 fully saturated rings. The number of thiol groups is 1. The molecule has 13 heteroatoms. The molecule has 4 unspecified atom stereocenters. The molecule has 0 aromatic heterocycles. The van der Waals surface area contributed by atoms with Gasteiger partial charge in [0.2, 0.25) is 23.6 Å². The monoisotopic (exact) mass is 451 g/mol. The number of rotatable bonds is 14. The van der Waals surface area contributed by atoms with Crippen molar-refractivity contribution in [2.75, 3.05) is 17.8 Å². The Morgan fingerprint density at radius 3 is 1.86 bits per heavy atom. The highest BCUT2D eigenvalue weighted by atomic mass is 32.2. The summed E-state index contributed by atoms with van der Waals surface area (Å²) in [6, 6.07) is -4.28. The Morgan fingerprint density at radius 2 is 1.45 bits per heavy atom. The molecule has 0 aliphatic carbocycles. The van der Waals surface area contributed by atoms with Gasteiger partial charge in [-0.25, -0.2) is 4.79 Å². The van der Waals surface area contributed by atoms with Gasteiger partial charge in [-0.3, -0.25) is 19.2 Å². The Labute approximate surface area is 178 Å². The molecular weight excluding hydrogens is 422 g/mol. The van der Waals surface area contributed by atoms with Crippen LogP contribution in [0.2, 0.25) is 0 Å². The van der Waals surface area contributed by atoms with Crippen molar-refractivity contribution >= 4 is 54.0 Å². The maximum atomic E-state index is 12.7. The molecule has 0 aromatic carbocycles. The topological polar surface area (TPSA) is 194 Å². The van der Waals surface area contributed by atoms with Gasteiger partial charge in [0.1, 0.15) is 18.1 Å². The van der Waals surface area contributed by atoms with Gasteiger partial charge in [0.05, 0.1) is 6.04 Å². The Kier molecular flexibility index (Phi) is 13.1. The van der Waals surface area contributed by atoms with Crippen LogP contribution in [0.3, 0.4) is 0 Å². The molecule has 0 rings (SSSR count). The zero-order valence-corrected chi connectivity index (χ0v) is 18.1. The summed E-state index contributed by atoms with van der Waals surface area (Å²) < 4.78 is 0. The molecule has 4 amide bonds. The van der Waals surface area contributed by atoms with Gasteiger partial charge in [-0.15, -0.1) is 0 Å². The van der Waals surface area contributed by atoms with E-state index in [-0.39, 0.29) is 25.0 Å². The zero-order chi connectivity index (χ0) is 22.6. The van der Waals surface area contributed by atoms with Crippen molar-refractivity contribution in [1.29, 1.82) is 0 Å². The Bertz CT molecular complexity index is 604. The van der Waals surface area contributed by atoms with Crippen molar-refractivity contribution in [3.05, 3.63) is 0 Å². The van der Waals surface area contributed by atoms with Gasteiger partial charge < -0.3 is 32.5 Å². The Hall–Kier alpha value is -1.99. The molecule has 0 saturated carbocycles. The van der Waals surface area contributed by atoms with Crippen LogP contribution in [0.5, 0.6) is 0 Å². The number of hydrogen-bond acceptors (Lipinski definition) is 8. The number of amides is 4. The Morgan fingerprint density at radius 1 is 0.966 bits per heavy atom. The largest absolute Gasteiger partial charge is 0.480 e. The highest BCUT2D eigenvalue weighted by Gasteiger charge is 2.29. The normalized spacial score (nSPS) is 14.8. The first-order valence-electron chi connectivity index (χ1n) is 8.81. The van der Waals surface area contributed by atoms with E-state index in [1.807, 2.05) is 6.26 Å². The lowest BCUT2D eigenvalue weighted by atomic mass is 10.1. The quantitative estimate of drug-likeness (QED) is 0.145. The van der Waals surface area contributed by atoms with Crippen LogP contribution < -0.4 is 27.4 Å². The molecule has 0 aliphatic rings. The fraction of sp³-hybridized carbons (Fsp3) is 0.688. The fourth-order valence-electron chi connectivity index (χ4n) is 2.09. The lowest BCUT2D eigenvalue weighted by molar-refractivity contribution is -0.141. The summed E-state index contributed by atoms with van der Waals surface area (Å²) >= 11 is 5.32. The van der Waals surface area contributed by atoms with Crippen molar-refractivity contribution < 1.29 is 29.1 Å². The standard InChI is InChI=1S/C16H29N5O6S2/c1-8(17)13(23)19-10(5-6-29-2)15(25)20-9(3-4-12(18)22)14(24)21-11(7-28)16(26)27/h8-11,28H,3-7,17H2,1-2H3,(H2,18,22)(H,19,23)(H,20,25)(H,21,24)(H,26,27). The van der Waals surface area contributed by atoms with E-state index in [1.54, 1.807) is 0 Å². The first-order chi connectivity index (χ1) is 13.5. The highest BCUT2D eigenvalue weighted by molar-refractivity contribution is 7.98. The van der Waals surface area contributed by atoms with E-state index in [9.17, 15) is 24.0 Å². The van der Waals surface area contributed by atoms with Crippen LogP contribution in [-0.4, -0.2) is 76.6 Å². The first-order valence-corrected chi connectivity index (χ1v) is 10.8. The molecule has 0 saturated heterocycles. The zero-order valence-electron chi connectivity index (χ0n) is 16.3. The summed E-state index contributed by atoms with van der Waals surface area (Å²) in [5.74, 6) is -3.60. The third-order valence-corrected chi connectivity index (χ3v) is 4.78. The minimum atomic E-state index is -1.30. The van der Waals surface area contributed by atoms with Crippen molar-refractivity contribution in [1.82, 2.24) is 16.0 Å². The molecule has 0 bridgehead atoms. The average molecular weight is 452 g/mol. The number of aliphatic carboxylic acids is 1. The number of carboxylic acid groups (broad SMARTS) is 1. The van der Waals surface area contributed by atoms with Crippen molar-refractivity contribution in [2.24, 2.45) is 11.5 Å². The average Bonchev–Trinajstić information content (AvgIpc) is 2.64. The Balaban J connectivity index is 5.34. The smallest absolute Gasteiger partial charge is 0.327 e. The molecule has 4 atom stereocenters. The number of carboxylic acids is 1. The van der Waals surface area contributed by atoms with E-state index < -0.39 is 53.8 Å². The van der Waals surface area contributed by atoms with Crippen LogP contribution in [0, 0.1) is 0 Å². The third kappa shape index (κ3) is 10.9. The van der Waals surface area contributed by atoms with Gasteiger partial charge in [-0.2, -0.15) is 24.4 Å². The second-order valence-corrected chi connectivity index (χ2v) is 7.63. The summed E-state index contributed by atoms with van der Waals surface area (Å²) in [4.78, 5) is 59.2. The highest BCUT2D eigenvalue weighted by Crippen LogP contribution is 2.05. The van der Waals surface area contributed by atoms with Crippen LogP contribution >= 0.6 is 24.4 Å². The van der Waals surface area contributed by atoms with Crippen molar-refractivity contribution in [3.8, 4) is 0 Å². The van der Waals surface area contributed by atoms with E-state index in [0.717, 1.165) is 0 Å². The maximum absolute atomic E-state index is 12.7. The molecular formula is C16H29N5O6S2. The van der Waals surface area contributed by atoms with Crippen LogP contribution in [0.4, 0.5) is 0 Å². The van der Waals surface area contributed by atoms with Gasteiger partial charge >= 0.3 is 5.97 Å². The molecule has 166 valence electrons. The van der Waals surface area contributed by atoms with Crippen molar-refractivity contribution in [3.63, 3.8) is 0 Å². The van der Waals surface area contributed by atoms with Crippen LogP contribution in [0.1, 0.15) is 26.2 Å². The SMILES string of the molecule is CSCCC(NC(=O)C(C)N)C(=O)NC(CCC(N)=O)C(=O)NC(CS)C(=O)O. The maximum Gasteiger partial charge on any atom is 0.327 e. The molecule has 0 heterocycles. The van der Waals surface area contributed by atoms with Gasteiger partial charge in [0.25, 0.3) is 0 Å². The van der Waals surface area contributed by atoms with E-state index in [4.69, 9.17) is 16.6 Å². The summed E-state index contributed by atoms with van der Waals surface area (Å²) in [7, 11) is 0. The van der Waals surface area contributed by atoms with E-state index in [0.29, 0.717) is 5.75 Å².